The number of rotatable bonds is 7. The van der Waals surface area contributed by atoms with Gasteiger partial charge in [0.1, 0.15) is 5.75 Å². The maximum Gasteiger partial charge on any atom is 0.387 e. The normalized spacial score (nSPS) is 26.8. The van der Waals surface area contributed by atoms with Crippen LogP contribution in [0.4, 0.5) is 13.6 Å². The second-order valence-electron chi connectivity index (χ2n) is 7.85. The van der Waals surface area contributed by atoms with E-state index in [9.17, 15) is 23.2 Å². The molecule has 3 unspecified atom stereocenters. The van der Waals surface area contributed by atoms with Crippen LogP contribution in [0.3, 0.4) is 0 Å². The maximum absolute atomic E-state index is 12.5. The van der Waals surface area contributed by atoms with Crippen LogP contribution >= 0.6 is 11.8 Å². The van der Waals surface area contributed by atoms with Crippen LogP contribution in [-0.2, 0) is 9.59 Å². The van der Waals surface area contributed by atoms with Crippen LogP contribution in [0.5, 0.6) is 5.75 Å². The molecule has 3 amide bonds. The van der Waals surface area contributed by atoms with Crippen molar-refractivity contribution in [3.8, 4) is 5.75 Å². The minimum absolute atomic E-state index is 0.0153. The van der Waals surface area contributed by atoms with Gasteiger partial charge in [-0.1, -0.05) is 18.6 Å². The van der Waals surface area contributed by atoms with E-state index >= 15 is 0 Å². The average molecular weight is 436 g/mol. The van der Waals surface area contributed by atoms with E-state index in [1.165, 1.54) is 36.8 Å². The van der Waals surface area contributed by atoms with Crippen molar-refractivity contribution in [2.24, 2.45) is 17.8 Å². The molecule has 3 aliphatic rings. The topological polar surface area (TPSA) is 75.7 Å². The van der Waals surface area contributed by atoms with Gasteiger partial charge >= 0.3 is 6.61 Å². The van der Waals surface area contributed by atoms with Gasteiger partial charge in [0.25, 0.3) is 11.1 Å². The van der Waals surface area contributed by atoms with E-state index in [0.29, 0.717) is 17.4 Å². The van der Waals surface area contributed by atoms with Crippen molar-refractivity contribution in [1.29, 1.82) is 0 Å². The molecule has 2 aliphatic carbocycles. The van der Waals surface area contributed by atoms with Crippen molar-refractivity contribution in [1.82, 2.24) is 10.2 Å². The van der Waals surface area contributed by atoms with Crippen molar-refractivity contribution in [2.45, 2.75) is 32.3 Å². The van der Waals surface area contributed by atoms with Crippen LogP contribution in [-0.4, -0.2) is 41.7 Å². The van der Waals surface area contributed by atoms with Crippen LogP contribution in [0.25, 0.3) is 6.08 Å². The lowest BCUT2D eigenvalue weighted by Gasteiger charge is -2.21. The molecule has 1 aromatic rings. The van der Waals surface area contributed by atoms with Gasteiger partial charge in [-0.05, 0) is 66.6 Å². The quantitative estimate of drug-likeness (QED) is 0.657. The number of imide groups is 1. The molecule has 3 atom stereocenters. The first-order valence-corrected chi connectivity index (χ1v) is 10.8. The third-order valence-electron chi connectivity index (χ3n) is 5.99. The minimum atomic E-state index is -2.91. The summed E-state index contributed by atoms with van der Waals surface area (Å²) in [6, 6.07) is 5.80. The summed E-state index contributed by atoms with van der Waals surface area (Å²) >= 11 is 0.820. The summed E-state index contributed by atoms with van der Waals surface area (Å²) in [4.78, 5) is 38.5. The van der Waals surface area contributed by atoms with Gasteiger partial charge in [0, 0.05) is 19.0 Å². The van der Waals surface area contributed by atoms with Gasteiger partial charge in [0.15, 0.2) is 0 Å². The van der Waals surface area contributed by atoms with E-state index < -0.39 is 17.8 Å². The Morgan fingerprint density at radius 2 is 2.00 bits per heavy atom. The summed E-state index contributed by atoms with van der Waals surface area (Å²) in [6.07, 6.45) is 5.96. The van der Waals surface area contributed by atoms with E-state index in [-0.39, 0.29) is 35.6 Å². The molecule has 2 saturated carbocycles. The Morgan fingerprint density at radius 1 is 1.23 bits per heavy atom. The Morgan fingerprint density at radius 3 is 2.63 bits per heavy atom. The highest BCUT2D eigenvalue weighted by Gasteiger charge is 2.43. The number of nitrogens with zero attached hydrogens (tertiary/aromatic N) is 1. The van der Waals surface area contributed by atoms with E-state index in [2.05, 4.69) is 10.1 Å². The standard InChI is InChI=1S/C21H22F2N2O4S/c22-20(23)29-15-5-2-12(3-6-15)11-17-19(27)25(21(28)30-17)8-7-24-18(26)16-10-13-1-4-14(16)9-13/h2-3,5-6,11,13-14,16,20H,1,4,7-10H2,(H,24,26)/b17-11-. The molecule has 160 valence electrons. The summed E-state index contributed by atoms with van der Waals surface area (Å²) in [6.45, 7) is -2.55. The first-order valence-electron chi connectivity index (χ1n) is 9.98. The fraction of sp³-hybridized carbons (Fsp3) is 0.476. The van der Waals surface area contributed by atoms with E-state index in [1.54, 1.807) is 0 Å². The number of carbonyl (C=O) groups excluding carboxylic acids is 3. The van der Waals surface area contributed by atoms with Crippen LogP contribution in [0.15, 0.2) is 29.2 Å². The van der Waals surface area contributed by atoms with Gasteiger partial charge in [-0.3, -0.25) is 19.3 Å². The van der Waals surface area contributed by atoms with Crippen LogP contribution in [0.2, 0.25) is 0 Å². The Hall–Kier alpha value is -2.42. The molecule has 1 N–H and O–H groups in total. The second-order valence-corrected chi connectivity index (χ2v) is 8.85. The maximum atomic E-state index is 12.5. The summed E-state index contributed by atoms with van der Waals surface area (Å²) in [7, 11) is 0. The third-order valence-corrected chi connectivity index (χ3v) is 6.89. The summed E-state index contributed by atoms with van der Waals surface area (Å²) in [5.74, 6) is 0.833. The first kappa shape index (κ1) is 20.8. The molecule has 4 rings (SSSR count). The number of halogens is 2. The third kappa shape index (κ3) is 4.50. The van der Waals surface area contributed by atoms with Crippen molar-refractivity contribution in [3.05, 3.63) is 34.7 Å². The molecule has 0 spiro atoms. The van der Waals surface area contributed by atoms with Crippen molar-refractivity contribution in [2.75, 3.05) is 13.1 Å². The van der Waals surface area contributed by atoms with Gasteiger partial charge in [-0.2, -0.15) is 8.78 Å². The van der Waals surface area contributed by atoms with Gasteiger partial charge in [-0.25, -0.2) is 0 Å². The number of hydrogen-bond donors (Lipinski definition) is 1. The van der Waals surface area contributed by atoms with Crippen LogP contribution < -0.4 is 10.1 Å². The fourth-order valence-electron chi connectivity index (χ4n) is 4.58. The van der Waals surface area contributed by atoms with Crippen LogP contribution in [0.1, 0.15) is 31.2 Å². The highest BCUT2D eigenvalue weighted by Crippen LogP contribution is 2.48. The predicted molar refractivity (Wildman–Crippen MR) is 108 cm³/mol. The van der Waals surface area contributed by atoms with E-state index in [0.717, 1.165) is 35.9 Å². The Kier molecular flexibility index (Phi) is 6.08. The molecular weight excluding hydrogens is 414 g/mol. The number of ether oxygens (including phenoxy) is 1. The van der Waals surface area contributed by atoms with Gasteiger partial charge in [-0.15, -0.1) is 0 Å². The summed E-state index contributed by atoms with van der Waals surface area (Å²) in [5, 5.41) is 2.48. The smallest absolute Gasteiger partial charge is 0.387 e. The molecule has 0 radical (unpaired) electrons. The number of alkyl halides is 2. The molecule has 30 heavy (non-hydrogen) atoms. The molecule has 9 heteroatoms. The highest BCUT2D eigenvalue weighted by atomic mass is 32.2. The molecule has 2 bridgehead atoms. The number of benzene rings is 1. The second kappa shape index (κ2) is 8.75. The van der Waals surface area contributed by atoms with Crippen molar-refractivity contribution >= 4 is 34.9 Å². The molecule has 1 aliphatic heterocycles. The minimum Gasteiger partial charge on any atom is -0.435 e. The highest BCUT2D eigenvalue weighted by molar-refractivity contribution is 8.18. The molecule has 0 aromatic heterocycles. The largest absolute Gasteiger partial charge is 0.435 e. The number of nitrogens with one attached hydrogen (secondary N) is 1. The number of fused-ring (bicyclic) bond motifs is 2. The van der Waals surface area contributed by atoms with E-state index in [4.69, 9.17) is 0 Å². The fourth-order valence-corrected chi connectivity index (χ4v) is 5.44. The molecule has 1 saturated heterocycles. The van der Waals surface area contributed by atoms with Crippen molar-refractivity contribution in [3.63, 3.8) is 0 Å². The zero-order chi connectivity index (χ0) is 21.3. The monoisotopic (exact) mass is 436 g/mol. The molecular formula is C21H22F2N2O4S. The summed E-state index contributed by atoms with van der Waals surface area (Å²) in [5.41, 5.74) is 0.590. The zero-order valence-corrected chi connectivity index (χ0v) is 17.0. The molecule has 1 heterocycles. The molecule has 1 aromatic carbocycles. The zero-order valence-electron chi connectivity index (χ0n) is 16.2. The van der Waals surface area contributed by atoms with Gasteiger partial charge in [0.05, 0.1) is 4.91 Å². The number of hydrogen-bond acceptors (Lipinski definition) is 5. The lowest BCUT2D eigenvalue weighted by Crippen LogP contribution is -2.40. The van der Waals surface area contributed by atoms with Gasteiger partial charge in [0.2, 0.25) is 5.91 Å². The average Bonchev–Trinajstić information content (AvgIpc) is 3.40. The molecule has 3 fully saturated rings. The first-order chi connectivity index (χ1) is 14.4. The van der Waals surface area contributed by atoms with E-state index in [1.807, 2.05) is 0 Å². The summed E-state index contributed by atoms with van der Waals surface area (Å²) < 4.78 is 28.7. The predicted octanol–water partition coefficient (Wildman–Crippen LogP) is 3.88. The number of amides is 3. The van der Waals surface area contributed by atoms with Crippen molar-refractivity contribution < 1.29 is 27.9 Å². The van der Waals surface area contributed by atoms with Crippen LogP contribution in [0, 0.1) is 17.8 Å². The Labute approximate surface area is 177 Å². The number of carbonyl (C=O) groups is 3. The Bertz CT molecular complexity index is 874. The van der Waals surface area contributed by atoms with Gasteiger partial charge < -0.3 is 10.1 Å². The lowest BCUT2D eigenvalue weighted by molar-refractivity contribution is -0.127. The SMILES string of the molecule is O=C(NCCN1C(=O)S/C(=C\c2ccc(OC(F)F)cc2)C1=O)C1CC2CCC1C2. The number of thioether (sulfide) groups is 1. The molecule has 6 nitrogen and oxygen atoms in total. The Balaban J connectivity index is 1.30. The lowest BCUT2D eigenvalue weighted by atomic mass is 9.88.